The van der Waals surface area contributed by atoms with Crippen LogP contribution in [-0.4, -0.2) is 45.0 Å². The Morgan fingerprint density at radius 3 is 2.38 bits per heavy atom. The molecule has 1 N–H and O–H groups in total. The van der Waals surface area contributed by atoms with Gasteiger partial charge in [0, 0.05) is 31.9 Å². The number of halogens is 3. The molecule has 0 saturated carbocycles. The Morgan fingerprint density at radius 1 is 1.09 bits per heavy atom. The molecule has 3 rings (SSSR count). The van der Waals surface area contributed by atoms with Gasteiger partial charge < -0.3 is 9.80 Å². The Morgan fingerprint density at radius 2 is 1.78 bits per heavy atom. The zero-order valence-corrected chi connectivity index (χ0v) is 19.0. The number of nitrogens with one attached hydrogen (secondary N) is 1. The van der Waals surface area contributed by atoms with Crippen LogP contribution in [0.5, 0.6) is 0 Å². The third kappa shape index (κ3) is 5.01. The van der Waals surface area contributed by atoms with Crippen molar-refractivity contribution < 1.29 is 26.4 Å². The molecular weight excluding hydrogens is 443 g/mol. The summed E-state index contributed by atoms with van der Waals surface area (Å²) in [5.74, 6) is -1.92. The minimum atomic E-state index is -4.96. The molecule has 174 valence electrons. The molecule has 0 atom stereocenters. The topological polar surface area (TPSA) is 69.7 Å². The van der Waals surface area contributed by atoms with E-state index in [2.05, 4.69) is 9.62 Å². The van der Waals surface area contributed by atoms with Gasteiger partial charge in [-0.05, 0) is 74.2 Å². The molecule has 10 heteroatoms. The van der Waals surface area contributed by atoms with Crippen LogP contribution in [0, 0.1) is 6.92 Å². The number of alkyl halides is 3. The summed E-state index contributed by atoms with van der Waals surface area (Å²) in [6, 6.07) is 9.80. The van der Waals surface area contributed by atoms with Crippen molar-refractivity contribution in [2.45, 2.75) is 44.8 Å². The third-order valence-corrected chi connectivity index (χ3v) is 6.98. The lowest BCUT2D eigenvalue weighted by Gasteiger charge is -2.29. The molecule has 0 saturated heterocycles. The fraction of sp³-hybridized carbons (Fsp3) is 0.409. The number of aryl methyl sites for hydroxylation is 1. The molecule has 0 aromatic heterocycles. The fourth-order valence-corrected chi connectivity index (χ4v) is 4.99. The summed E-state index contributed by atoms with van der Waals surface area (Å²) in [6.07, 6.45) is -4.73. The number of hydrogen-bond donors (Lipinski definition) is 1. The highest BCUT2D eigenvalue weighted by atomic mass is 32.2. The molecule has 32 heavy (non-hydrogen) atoms. The van der Waals surface area contributed by atoms with Crippen molar-refractivity contribution in [3.63, 3.8) is 0 Å². The van der Waals surface area contributed by atoms with Crippen LogP contribution in [0.2, 0.25) is 0 Å². The van der Waals surface area contributed by atoms with Crippen molar-refractivity contribution in [1.29, 1.82) is 0 Å². The summed E-state index contributed by atoms with van der Waals surface area (Å²) in [5.41, 5.74) is 3.28. The Labute approximate surface area is 186 Å². The lowest BCUT2D eigenvalue weighted by Crippen LogP contribution is -2.43. The molecule has 0 spiro atoms. The summed E-state index contributed by atoms with van der Waals surface area (Å²) in [7, 11) is -3.97. The van der Waals surface area contributed by atoms with Crippen LogP contribution in [0.1, 0.15) is 30.5 Å². The normalized spacial score (nSPS) is 14.1. The molecular formula is C22H26F3N3O3S. The summed E-state index contributed by atoms with van der Waals surface area (Å²) < 4.78 is 66.8. The molecule has 0 radical (unpaired) electrons. The van der Waals surface area contributed by atoms with E-state index in [1.807, 2.05) is 26.0 Å². The predicted molar refractivity (Wildman–Crippen MR) is 117 cm³/mol. The van der Waals surface area contributed by atoms with E-state index in [1.165, 1.54) is 12.1 Å². The molecule has 0 bridgehead atoms. The lowest BCUT2D eigenvalue weighted by molar-refractivity contribution is -0.186. The zero-order chi connectivity index (χ0) is 23.7. The highest BCUT2D eigenvalue weighted by Gasteiger charge is 2.43. The van der Waals surface area contributed by atoms with E-state index in [4.69, 9.17) is 0 Å². The van der Waals surface area contributed by atoms with Gasteiger partial charge in [-0.2, -0.15) is 13.2 Å². The van der Waals surface area contributed by atoms with Crippen molar-refractivity contribution in [3.8, 4) is 0 Å². The fourth-order valence-electron chi connectivity index (χ4n) is 3.80. The maximum atomic E-state index is 13.0. The van der Waals surface area contributed by atoms with E-state index in [9.17, 15) is 26.4 Å². The Hall–Kier alpha value is -2.75. The van der Waals surface area contributed by atoms with Gasteiger partial charge in [-0.3, -0.25) is 9.52 Å². The second-order valence-electron chi connectivity index (χ2n) is 7.68. The lowest BCUT2D eigenvalue weighted by atomic mass is 10.00. The van der Waals surface area contributed by atoms with Crippen molar-refractivity contribution in [1.82, 2.24) is 4.90 Å². The van der Waals surface area contributed by atoms with Gasteiger partial charge >= 0.3 is 12.1 Å². The largest absolute Gasteiger partial charge is 0.471 e. The molecule has 0 fully saturated rings. The Bertz CT molecular complexity index is 1110. The van der Waals surface area contributed by atoms with E-state index in [1.54, 1.807) is 19.1 Å². The maximum absolute atomic E-state index is 13.0. The van der Waals surface area contributed by atoms with Gasteiger partial charge in [0.2, 0.25) is 0 Å². The number of benzene rings is 2. The quantitative estimate of drug-likeness (QED) is 0.692. The second kappa shape index (κ2) is 9.01. The Kier molecular flexibility index (Phi) is 6.73. The van der Waals surface area contributed by atoms with Crippen molar-refractivity contribution in [2.24, 2.45) is 0 Å². The number of anilines is 2. The maximum Gasteiger partial charge on any atom is 0.471 e. The molecule has 2 aromatic carbocycles. The van der Waals surface area contributed by atoms with Crippen LogP contribution < -0.4 is 9.62 Å². The number of hydrogen-bond acceptors (Lipinski definition) is 4. The van der Waals surface area contributed by atoms with Crippen molar-refractivity contribution >= 4 is 27.3 Å². The van der Waals surface area contributed by atoms with E-state index < -0.39 is 22.1 Å². The third-order valence-electron chi connectivity index (χ3n) is 5.61. The predicted octanol–water partition coefficient (Wildman–Crippen LogP) is 4.09. The first-order valence-electron chi connectivity index (χ1n) is 10.3. The van der Waals surface area contributed by atoms with E-state index in [0.717, 1.165) is 29.9 Å². The van der Waals surface area contributed by atoms with Gasteiger partial charge in [0.25, 0.3) is 10.0 Å². The number of carbonyl (C=O) groups is 1. The van der Waals surface area contributed by atoms with Crippen LogP contribution in [0.15, 0.2) is 41.3 Å². The van der Waals surface area contributed by atoms with E-state index in [-0.39, 0.29) is 24.4 Å². The highest BCUT2D eigenvalue weighted by Crippen LogP contribution is 2.29. The number of sulfonamides is 1. The van der Waals surface area contributed by atoms with Crippen LogP contribution in [0.25, 0.3) is 0 Å². The number of carbonyl (C=O) groups excluding carboxylic acids is 1. The smallest absolute Gasteiger partial charge is 0.372 e. The highest BCUT2D eigenvalue weighted by molar-refractivity contribution is 7.92. The van der Waals surface area contributed by atoms with Crippen LogP contribution in [0.3, 0.4) is 0 Å². The van der Waals surface area contributed by atoms with E-state index >= 15 is 0 Å². The van der Waals surface area contributed by atoms with Gasteiger partial charge in [-0.1, -0.05) is 6.07 Å². The molecule has 1 heterocycles. The molecule has 1 aliphatic heterocycles. The van der Waals surface area contributed by atoms with Gasteiger partial charge in [-0.15, -0.1) is 0 Å². The van der Waals surface area contributed by atoms with Crippen molar-refractivity contribution in [2.75, 3.05) is 29.3 Å². The monoisotopic (exact) mass is 469 g/mol. The number of rotatable bonds is 6. The first-order valence-corrected chi connectivity index (χ1v) is 11.8. The number of fused-ring (bicyclic) bond motifs is 1. The van der Waals surface area contributed by atoms with Crippen LogP contribution >= 0.6 is 0 Å². The summed E-state index contributed by atoms with van der Waals surface area (Å²) in [5, 5.41) is 0. The van der Waals surface area contributed by atoms with Gasteiger partial charge in [0.05, 0.1) is 10.6 Å². The molecule has 6 nitrogen and oxygen atoms in total. The van der Waals surface area contributed by atoms with Crippen LogP contribution in [-0.2, 0) is 27.8 Å². The van der Waals surface area contributed by atoms with Crippen LogP contribution in [0.4, 0.5) is 24.5 Å². The SMILES string of the molecule is CCN(CC)c1ccc(NS(=O)(=O)c2ccc3c(c2)CN(C(=O)C(F)(F)F)CC3)c(C)c1. The minimum Gasteiger partial charge on any atom is -0.372 e. The average Bonchev–Trinajstić information content (AvgIpc) is 2.74. The van der Waals surface area contributed by atoms with Gasteiger partial charge in [0.15, 0.2) is 0 Å². The van der Waals surface area contributed by atoms with Crippen molar-refractivity contribution in [3.05, 3.63) is 53.1 Å². The standard InChI is InChI=1S/C22H26F3N3O3S/c1-4-27(5-2)18-7-9-20(15(3)12-18)26-32(30,31)19-8-6-16-10-11-28(14-17(16)13-19)21(29)22(23,24)25/h6-9,12-13,26H,4-5,10-11,14H2,1-3H3. The molecule has 2 aromatic rings. The number of nitrogens with zero attached hydrogens (tertiary/aromatic N) is 2. The zero-order valence-electron chi connectivity index (χ0n) is 18.2. The summed E-state index contributed by atoms with van der Waals surface area (Å²) in [4.78, 5) is 14.3. The number of amides is 1. The molecule has 0 unspecified atom stereocenters. The Balaban J connectivity index is 1.84. The molecule has 1 aliphatic rings. The molecule has 1 amide bonds. The average molecular weight is 470 g/mol. The second-order valence-corrected chi connectivity index (χ2v) is 9.36. The first kappa shape index (κ1) is 23.9. The first-order chi connectivity index (χ1) is 15.0. The van der Waals surface area contributed by atoms with Gasteiger partial charge in [0.1, 0.15) is 0 Å². The van der Waals surface area contributed by atoms with E-state index in [0.29, 0.717) is 16.2 Å². The summed E-state index contributed by atoms with van der Waals surface area (Å²) in [6.45, 7) is 7.18. The molecule has 0 aliphatic carbocycles. The van der Waals surface area contributed by atoms with Gasteiger partial charge in [-0.25, -0.2) is 8.42 Å². The minimum absolute atomic E-state index is 0.0617. The summed E-state index contributed by atoms with van der Waals surface area (Å²) >= 11 is 0.